The van der Waals surface area contributed by atoms with Crippen molar-refractivity contribution >= 4 is 29.5 Å². The summed E-state index contributed by atoms with van der Waals surface area (Å²) in [6, 6.07) is 15.4. The van der Waals surface area contributed by atoms with Crippen LogP contribution in [0.4, 0.5) is 5.69 Å². The zero-order valence-electron chi connectivity index (χ0n) is 17.9. The Hall–Kier alpha value is -2.40. The van der Waals surface area contributed by atoms with Gasteiger partial charge in [0.05, 0.1) is 22.5 Å². The number of thiol groups is 1. The van der Waals surface area contributed by atoms with E-state index in [2.05, 4.69) is 59.8 Å². The van der Waals surface area contributed by atoms with Crippen LogP contribution in [0.2, 0.25) is 0 Å². The van der Waals surface area contributed by atoms with Crippen LogP contribution in [0.1, 0.15) is 62.0 Å². The fourth-order valence-corrected chi connectivity index (χ4v) is 4.85. The smallest absolute Gasteiger partial charge is 0.114 e. The molecule has 30 heavy (non-hydrogen) atoms. The average Bonchev–Trinajstić information content (AvgIpc) is 3.11. The molecule has 0 saturated heterocycles. The number of aliphatic hydroxyl groups excluding tert-OH is 1. The minimum atomic E-state index is 0.330. The summed E-state index contributed by atoms with van der Waals surface area (Å²) in [7, 11) is 1.94. The zero-order valence-corrected chi connectivity index (χ0v) is 18.8. The van der Waals surface area contributed by atoms with Gasteiger partial charge < -0.3 is 14.0 Å². The van der Waals surface area contributed by atoms with Gasteiger partial charge in [-0.25, -0.2) is 4.98 Å². The van der Waals surface area contributed by atoms with E-state index in [4.69, 9.17) is 4.98 Å². The molecule has 0 unspecified atom stereocenters. The number of anilines is 1. The van der Waals surface area contributed by atoms with Gasteiger partial charge in [-0.15, -0.1) is 0 Å². The monoisotopic (exact) mass is 421 g/mol. The summed E-state index contributed by atoms with van der Waals surface area (Å²) >= 11 is 4.56. The van der Waals surface area contributed by atoms with E-state index in [1.807, 2.05) is 17.4 Å². The second kappa shape index (κ2) is 9.17. The summed E-state index contributed by atoms with van der Waals surface area (Å²) in [6.45, 7) is 1.71. The van der Waals surface area contributed by atoms with Crippen LogP contribution in [0.25, 0.3) is 11.0 Å². The molecule has 1 fully saturated rings. The largest absolute Gasteiger partial charge is 0.513 e. The van der Waals surface area contributed by atoms with Crippen molar-refractivity contribution in [3.05, 3.63) is 71.3 Å². The summed E-state index contributed by atoms with van der Waals surface area (Å²) in [5.74, 6) is 1.46. The molecule has 1 saturated carbocycles. The van der Waals surface area contributed by atoms with Crippen molar-refractivity contribution in [3.8, 4) is 0 Å². The van der Waals surface area contributed by atoms with Crippen molar-refractivity contribution in [1.29, 1.82) is 0 Å². The molecule has 1 heterocycles. The lowest BCUT2D eigenvalue weighted by molar-refractivity contribution is 0.353. The molecule has 0 spiro atoms. The van der Waals surface area contributed by atoms with Gasteiger partial charge in [0.25, 0.3) is 0 Å². The van der Waals surface area contributed by atoms with E-state index in [-0.39, 0.29) is 0 Å². The number of rotatable bonds is 6. The van der Waals surface area contributed by atoms with Crippen molar-refractivity contribution < 1.29 is 5.11 Å². The molecule has 0 radical (unpaired) electrons. The molecular formula is C25H31N3OS. The minimum Gasteiger partial charge on any atom is -0.513 e. The van der Waals surface area contributed by atoms with Gasteiger partial charge >= 0.3 is 0 Å². The van der Waals surface area contributed by atoms with Crippen LogP contribution in [-0.4, -0.2) is 21.7 Å². The van der Waals surface area contributed by atoms with Crippen LogP contribution in [0.5, 0.6) is 0 Å². The van der Waals surface area contributed by atoms with Crippen LogP contribution in [0.3, 0.4) is 0 Å². The maximum atomic E-state index is 9.78. The first-order chi connectivity index (χ1) is 14.5. The predicted molar refractivity (Wildman–Crippen MR) is 129 cm³/mol. The third kappa shape index (κ3) is 4.36. The van der Waals surface area contributed by atoms with Gasteiger partial charge in [0, 0.05) is 25.1 Å². The number of fused-ring (bicyclic) bond motifs is 1. The molecule has 158 valence electrons. The molecule has 3 aromatic rings. The lowest BCUT2D eigenvalue weighted by Gasteiger charge is -2.26. The van der Waals surface area contributed by atoms with E-state index in [9.17, 15) is 5.11 Å². The van der Waals surface area contributed by atoms with Crippen molar-refractivity contribution in [2.24, 2.45) is 0 Å². The third-order valence-corrected chi connectivity index (χ3v) is 6.33. The van der Waals surface area contributed by atoms with Crippen LogP contribution in [0, 0.1) is 0 Å². The molecule has 0 bridgehead atoms. The van der Waals surface area contributed by atoms with Gasteiger partial charge in [-0.05, 0) is 50.0 Å². The first kappa shape index (κ1) is 20.9. The Bertz CT molecular complexity index is 1030. The Balaban J connectivity index is 1.89. The average molecular weight is 422 g/mol. The number of nitrogens with zero attached hydrogens (tertiary/aromatic N) is 3. The van der Waals surface area contributed by atoms with Crippen molar-refractivity contribution in [2.45, 2.75) is 57.9 Å². The molecular weight excluding hydrogens is 390 g/mol. The highest BCUT2D eigenvalue weighted by Gasteiger charge is 2.24. The molecule has 1 aliphatic carbocycles. The molecule has 5 heteroatoms. The highest BCUT2D eigenvalue weighted by molar-refractivity contribution is 7.81. The SMILES string of the molecule is C/C(O)=C/Cc1c(N(C)S)ccc2c1nc(Cc1ccccc1)n2C1CCCCC1. The summed E-state index contributed by atoms with van der Waals surface area (Å²) in [6.07, 6.45) is 9.64. The van der Waals surface area contributed by atoms with Gasteiger partial charge in [-0.2, -0.15) is 0 Å². The van der Waals surface area contributed by atoms with Gasteiger partial charge in [0.15, 0.2) is 0 Å². The highest BCUT2D eigenvalue weighted by Crippen LogP contribution is 2.37. The number of benzene rings is 2. The van der Waals surface area contributed by atoms with E-state index >= 15 is 0 Å². The second-order valence-corrected chi connectivity index (χ2v) is 8.96. The standard InChI is InChI=1S/C25H31N3OS/c1-18(29)13-14-21-22(27(2)30)15-16-23-25(21)26-24(17-19-9-5-3-6-10-19)28(23)20-11-7-4-8-12-20/h3,5-6,9-10,13,15-16,20,29-30H,4,7-8,11-12,14,17H2,1-2H3/b18-13-. The van der Waals surface area contributed by atoms with Gasteiger partial charge in [-0.1, -0.05) is 62.4 Å². The summed E-state index contributed by atoms with van der Waals surface area (Å²) in [5, 5.41) is 9.78. The van der Waals surface area contributed by atoms with Gasteiger partial charge in [0.1, 0.15) is 5.82 Å². The summed E-state index contributed by atoms with van der Waals surface area (Å²) in [5.41, 5.74) is 5.65. The topological polar surface area (TPSA) is 41.3 Å². The van der Waals surface area contributed by atoms with E-state index in [1.54, 1.807) is 6.92 Å². The first-order valence-corrected chi connectivity index (χ1v) is 11.3. The van der Waals surface area contributed by atoms with Gasteiger partial charge in [0.2, 0.25) is 0 Å². The Morgan fingerprint density at radius 2 is 1.90 bits per heavy atom. The third-order valence-electron chi connectivity index (χ3n) is 6.11. The van der Waals surface area contributed by atoms with Crippen LogP contribution < -0.4 is 4.31 Å². The summed E-state index contributed by atoms with van der Waals surface area (Å²) < 4.78 is 4.34. The lowest BCUT2D eigenvalue weighted by Crippen LogP contribution is -2.16. The Morgan fingerprint density at radius 3 is 2.57 bits per heavy atom. The molecule has 1 N–H and O–H groups in total. The number of imidazole rings is 1. The number of hydrogen-bond acceptors (Lipinski definition) is 4. The normalized spacial score (nSPS) is 15.6. The number of aromatic nitrogens is 2. The van der Waals surface area contributed by atoms with E-state index in [0.29, 0.717) is 18.2 Å². The van der Waals surface area contributed by atoms with Crippen molar-refractivity contribution in [1.82, 2.24) is 9.55 Å². The van der Waals surface area contributed by atoms with Crippen molar-refractivity contribution in [3.63, 3.8) is 0 Å². The van der Waals surface area contributed by atoms with Crippen molar-refractivity contribution in [2.75, 3.05) is 11.4 Å². The molecule has 0 amide bonds. The fraction of sp³-hybridized carbons (Fsp3) is 0.400. The van der Waals surface area contributed by atoms with E-state index in [0.717, 1.165) is 29.0 Å². The van der Waals surface area contributed by atoms with Crippen LogP contribution in [-0.2, 0) is 12.8 Å². The van der Waals surface area contributed by atoms with E-state index < -0.39 is 0 Å². The Labute approximate surface area is 184 Å². The van der Waals surface area contributed by atoms with Crippen LogP contribution in [0.15, 0.2) is 54.3 Å². The first-order valence-electron chi connectivity index (χ1n) is 10.9. The van der Waals surface area contributed by atoms with Gasteiger partial charge in [-0.3, -0.25) is 0 Å². The Kier molecular flexibility index (Phi) is 6.38. The molecule has 0 aliphatic heterocycles. The maximum absolute atomic E-state index is 9.78. The molecule has 1 aromatic heterocycles. The number of aliphatic hydroxyl groups is 1. The number of allylic oxidation sites excluding steroid dienone is 2. The molecule has 4 nitrogen and oxygen atoms in total. The zero-order chi connectivity index (χ0) is 21.1. The lowest BCUT2D eigenvalue weighted by atomic mass is 9.94. The molecule has 1 aliphatic rings. The van der Waals surface area contributed by atoms with Crippen LogP contribution >= 0.6 is 12.8 Å². The number of hydrogen-bond donors (Lipinski definition) is 2. The fourth-order valence-electron chi connectivity index (χ4n) is 4.66. The summed E-state index contributed by atoms with van der Waals surface area (Å²) in [4.78, 5) is 5.20. The Morgan fingerprint density at radius 1 is 1.17 bits per heavy atom. The minimum absolute atomic E-state index is 0.330. The molecule has 4 rings (SSSR count). The molecule has 2 aromatic carbocycles. The maximum Gasteiger partial charge on any atom is 0.114 e. The highest BCUT2D eigenvalue weighted by atomic mass is 32.1. The predicted octanol–water partition coefficient (Wildman–Crippen LogP) is 6.42. The second-order valence-electron chi connectivity index (χ2n) is 8.36. The van der Waals surface area contributed by atoms with E-state index in [1.165, 1.54) is 43.2 Å². The molecule has 0 atom stereocenters. The quantitative estimate of drug-likeness (QED) is 0.356.